The minimum Gasteiger partial charge on any atom is -0.365 e. The lowest BCUT2D eigenvalue weighted by Gasteiger charge is -2.13. The Morgan fingerprint density at radius 3 is 2.76 bits per heavy atom. The molecule has 4 aromatic rings. The van der Waals surface area contributed by atoms with Crippen LogP contribution in [0.25, 0.3) is 17.2 Å². The van der Waals surface area contributed by atoms with Crippen LogP contribution in [-0.2, 0) is 11.2 Å². The number of carbonyl (C=O) groups is 2. The van der Waals surface area contributed by atoms with Gasteiger partial charge in [-0.25, -0.2) is 14.5 Å². The molecular formula is C22H25N9O2. The molecule has 0 aliphatic rings. The van der Waals surface area contributed by atoms with E-state index in [-0.39, 0.29) is 23.9 Å². The molecule has 11 nitrogen and oxygen atoms in total. The molecule has 4 N–H and O–H groups in total. The van der Waals surface area contributed by atoms with Crippen molar-refractivity contribution < 1.29 is 9.59 Å². The molecule has 1 atom stereocenters. The first-order valence-corrected chi connectivity index (χ1v) is 10.5. The number of aryl methyl sites for hydroxylation is 3. The lowest BCUT2D eigenvalue weighted by atomic mass is 10.1. The molecule has 4 aromatic heterocycles. The number of carbonyl (C=O) groups excluding carboxylic acids is 2. The third-order valence-electron chi connectivity index (χ3n) is 5.51. The fourth-order valence-corrected chi connectivity index (χ4v) is 3.71. The molecule has 2 amide bonds. The standard InChI is InChI=1S/C22H25N9O2/c1-11-7-8-24-17(9-11)21-28-20(29-30-21)13(3)26-18(32)6-5-15-12(2)27-22-16(19(23)33)10-25-31(22)14(15)4/h7-10,13H,5-6H2,1-4H3,(H2,23,33)(H,26,32)(H,28,29,30)/t13-/m0/s1. The van der Waals surface area contributed by atoms with Gasteiger partial charge in [0.25, 0.3) is 5.91 Å². The number of nitrogens with zero attached hydrogens (tertiary/aromatic N) is 6. The maximum Gasteiger partial charge on any atom is 0.254 e. The Morgan fingerprint density at radius 1 is 1.24 bits per heavy atom. The summed E-state index contributed by atoms with van der Waals surface area (Å²) < 4.78 is 1.58. The van der Waals surface area contributed by atoms with E-state index in [0.29, 0.717) is 29.4 Å². The number of aromatic amines is 1. The Kier molecular flexibility index (Phi) is 5.86. The molecule has 0 fully saturated rings. The first kappa shape index (κ1) is 22.1. The van der Waals surface area contributed by atoms with Crippen LogP contribution in [0, 0.1) is 20.8 Å². The second kappa shape index (κ2) is 8.77. The molecular weight excluding hydrogens is 422 g/mol. The number of nitrogens with two attached hydrogens (primary N) is 1. The molecule has 0 aliphatic heterocycles. The lowest BCUT2D eigenvalue weighted by molar-refractivity contribution is -0.121. The maximum atomic E-state index is 12.6. The fourth-order valence-electron chi connectivity index (χ4n) is 3.71. The molecule has 0 radical (unpaired) electrons. The summed E-state index contributed by atoms with van der Waals surface area (Å²) in [5, 5.41) is 14.3. The Hall–Kier alpha value is -4.15. The molecule has 0 aromatic carbocycles. The van der Waals surface area contributed by atoms with Gasteiger partial charge in [0.2, 0.25) is 5.91 Å². The summed E-state index contributed by atoms with van der Waals surface area (Å²) in [5.74, 6) is 0.320. The lowest BCUT2D eigenvalue weighted by Crippen LogP contribution is -2.27. The first-order valence-electron chi connectivity index (χ1n) is 10.5. The number of aromatic nitrogens is 7. The SMILES string of the molecule is Cc1ccnc(-c2n[nH]c([C@H](C)NC(=O)CCc3c(C)nc4c(C(N)=O)cnn4c3C)n2)c1. The maximum absolute atomic E-state index is 12.6. The van der Waals surface area contributed by atoms with Crippen molar-refractivity contribution in [2.45, 2.75) is 46.6 Å². The van der Waals surface area contributed by atoms with Crippen LogP contribution >= 0.6 is 0 Å². The summed E-state index contributed by atoms with van der Waals surface area (Å²) in [5.41, 5.74) is 10.3. The smallest absolute Gasteiger partial charge is 0.254 e. The van der Waals surface area contributed by atoms with Crippen molar-refractivity contribution in [1.82, 2.24) is 40.1 Å². The van der Waals surface area contributed by atoms with Crippen LogP contribution in [0.4, 0.5) is 0 Å². The molecule has 170 valence electrons. The summed E-state index contributed by atoms with van der Waals surface area (Å²) in [6.45, 7) is 7.53. The van der Waals surface area contributed by atoms with E-state index in [1.54, 1.807) is 10.7 Å². The Morgan fingerprint density at radius 2 is 2.03 bits per heavy atom. The van der Waals surface area contributed by atoms with Gasteiger partial charge in [-0.05, 0) is 57.4 Å². The third kappa shape index (κ3) is 4.43. The molecule has 0 saturated carbocycles. The summed E-state index contributed by atoms with van der Waals surface area (Å²) in [4.78, 5) is 37.4. The zero-order chi connectivity index (χ0) is 23.7. The molecule has 0 aliphatic carbocycles. The number of nitrogens with one attached hydrogen (secondary N) is 2. The monoisotopic (exact) mass is 447 g/mol. The highest BCUT2D eigenvalue weighted by Gasteiger charge is 2.19. The molecule has 4 heterocycles. The predicted octanol–water partition coefficient (Wildman–Crippen LogP) is 1.74. The number of primary amides is 1. The molecule has 33 heavy (non-hydrogen) atoms. The number of rotatable bonds is 7. The minimum absolute atomic E-state index is 0.133. The Labute approximate surface area is 189 Å². The zero-order valence-electron chi connectivity index (χ0n) is 18.9. The van der Waals surface area contributed by atoms with Crippen molar-refractivity contribution in [2.24, 2.45) is 5.73 Å². The number of fused-ring (bicyclic) bond motifs is 1. The van der Waals surface area contributed by atoms with Gasteiger partial charge in [0, 0.05) is 24.0 Å². The summed E-state index contributed by atoms with van der Waals surface area (Å²) >= 11 is 0. The largest absolute Gasteiger partial charge is 0.365 e. The van der Waals surface area contributed by atoms with E-state index < -0.39 is 5.91 Å². The van der Waals surface area contributed by atoms with E-state index in [1.807, 2.05) is 39.8 Å². The first-order chi connectivity index (χ1) is 15.7. The number of hydrogen-bond acceptors (Lipinski definition) is 7. The number of amides is 2. The summed E-state index contributed by atoms with van der Waals surface area (Å²) in [6, 6.07) is 3.45. The quantitative estimate of drug-likeness (QED) is 0.389. The summed E-state index contributed by atoms with van der Waals surface area (Å²) in [7, 11) is 0. The second-order valence-electron chi connectivity index (χ2n) is 7.97. The van der Waals surface area contributed by atoms with Crippen molar-refractivity contribution in [2.75, 3.05) is 0 Å². The molecule has 11 heteroatoms. The normalized spacial score (nSPS) is 12.1. The van der Waals surface area contributed by atoms with Crippen LogP contribution in [0.15, 0.2) is 24.5 Å². The van der Waals surface area contributed by atoms with Crippen LogP contribution in [-0.4, -0.2) is 46.6 Å². The van der Waals surface area contributed by atoms with E-state index in [9.17, 15) is 9.59 Å². The van der Waals surface area contributed by atoms with Crippen molar-refractivity contribution in [3.05, 3.63) is 58.4 Å². The average molecular weight is 448 g/mol. The zero-order valence-corrected chi connectivity index (χ0v) is 18.9. The van der Waals surface area contributed by atoms with Gasteiger partial charge in [-0.2, -0.15) is 10.2 Å². The average Bonchev–Trinajstić information content (AvgIpc) is 3.41. The van der Waals surface area contributed by atoms with E-state index in [0.717, 1.165) is 22.5 Å². The van der Waals surface area contributed by atoms with Crippen LogP contribution in [0.1, 0.15) is 58.1 Å². The van der Waals surface area contributed by atoms with Crippen LogP contribution < -0.4 is 11.1 Å². The predicted molar refractivity (Wildman–Crippen MR) is 120 cm³/mol. The van der Waals surface area contributed by atoms with Crippen molar-refractivity contribution in [3.8, 4) is 11.5 Å². The number of H-pyrrole nitrogens is 1. The summed E-state index contributed by atoms with van der Waals surface area (Å²) in [6.07, 6.45) is 3.84. The van der Waals surface area contributed by atoms with Crippen LogP contribution in [0.2, 0.25) is 0 Å². The molecule has 4 rings (SSSR count). The second-order valence-corrected chi connectivity index (χ2v) is 7.97. The molecule has 0 unspecified atom stereocenters. The van der Waals surface area contributed by atoms with E-state index in [2.05, 4.69) is 35.6 Å². The van der Waals surface area contributed by atoms with Gasteiger partial charge >= 0.3 is 0 Å². The third-order valence-corrected chi connectivity index (χ3v) is 5.51. The Balaban J connectivity index is 1.42. The van der Waals surface area contributed by atoms with Crippen molar-refractivity contribution >= 4 is 17.5 Å². The van der Waals surface area contributed by atoms with Gasteiger partial charge in [0.15, 0.2) is 11.5 Å². The van der Waals surface area contributed by atoms with E-state index in [1.165, 1.54) is 6.20 Å². The fraction of sp³-hybridized carbons (Fsp3) is 0.318. The highest BCUT2D eigenvalue weighted by Crippen LogP contribution is 2.19. The minimum atomic E-state index is -0.578. The van der Waals surface area contributed by atoms with E-state index >= 15 is 0 Å². The van der Waals surface area contributed by atoms with Crippen molar-refractivity contribution in [1.29, 1.82) is 0 Å². The number of pyridine rings is 1. The van der Waals surface area contributed by atoms with Crippen LogP contribution in [0.3, 0.4) is 0 Å². The van der Waals surface area contributed by atoms with Gasteiger partial charge in [-0.1, -0.05) is 0 Å². The van der Waals surface area contributed by atoms with Gasteiger partial charge in [-0.15, -0.1) is 0 Å². The van der Waals surface area contributed by atoms with Crippen LogP contribution in [0.5, 0.6) is 0 Å². The van der Waals surface area contributed by atoms with Gasteiger partial charge in [-0.3, -0.25) is 19.7 Å². The highest BCUT2D eigenvalue weighted by molar-refractivity contribution is 5.98. The molecule has 0 saturated heterocycles. The molecule has 0 spiro atoms. The van der Waals surface area contributed by atoms with Gasteiger partial charge in [0.05, 0.1) is 12.2 Å². The molecule has 0 bridgehead atoms. The van der Waals surface area contributed by atoms with Gasteiger partial charge < -0.3 is 11.1 Å². The van der Waals surface area contributed by atoms with Gasteiger partial charge in [0.1, 0.15) is 17.1 Å². The number of hydrogen-bond donors (Lipinski definition) is 3. The highest BCUT2D eigenvalue weighted by atomic mass is 16.2. The van der Waals surface area contributed by atoms with Crippen molar-refractivity contribution in [3.63, 3.8) is 0 Å². The Bertz CT molecular complexity index is 1360. The van der Waals surface area contributed by atoms with E-state index in [4.69, 9.17) is 5.73 Å². The topological polar surface area (TPSA) is 157 Å².